The van der Waals surface area contributed by atoms with Crippen LogP contribution in [0.5, 0.6) is 5.75 Å². The molecule has 0 aromatic heterocycles. The lowest BCUT2D eigenvalue weighted by molar-refractivity contribution is -0.140. The highest BCUT2D eigenvalue weighted by Gasteiger charge is 2.27. The number of thioether (sulfide) groups is 1. The van der Waals surface area contributed by atoms with E-state index in [2.05, 4.69) is 10.6 Å². The van der Waals surface area contributed by atoms with Crippen LogP contribution < -0.4 is 15.4 Å². The molecule has 8 heteroatoms. The molecule has 0 aliphatic carbocycles. The molecule has 1 aromatic rings. The lowest BCUT2D eigenvalue weighted by Gasteiger charge is -2.22. The van der Waals surface area contributed by atoms with E-state index in [1.165, 1.54) is 0 Å². The summed E-state index contributed by atoms with van der Waals surface area (Å²) in [6.45, 7) is 3.79. The fourth-order valence-electron chi connectivity index (χ4n) is 2.42. The van der Waals surface area contributed by atoms with Crippen LogP contribution in [-0.2, 0) is 21.0 Å². The molecule has 7 nitrogen and oxygen atoms in total. The fourth-order valence-corrected chi connectivity index (χ4v) is 2.89. The minimum absolute atomic E-state index is 0.0958. The van der Waals surface area contributed by atoms with Gasteiger partial charge in [0.25, 0.3) is 0 Å². The second-order valence-electron chi connectivity index (χ2n) is 6.53. The predicted molar refractivity (Wildman–Crippen MR) is 105 cm³/mol. The van der Waals surface area contributed by atoms with Crippen molar-refractivity contribution in [3.05, 3.63) is 29.8 Å². The first kappa shape index (κ1) is 23.0. The number of carbonyl (C=O) groups excluding carboxylic acids is 3. The van der Waals surface area contributed by atoms with E-state index in [9.17, 15) is 14.4 Å². The van der Waals surface area contributed by atoms with Crippen LogP contribution in [0, 0.1) is 5.92 Å². The molecule has 0 spiro atoms. The van der Waals surface area contributed by atoms with Gasteiger partial charge in [0.05, 0.1) is 6.61 Å². The second kappa shape index (κ2) is 12.3. The molecule has 0 fully saturated rings. The monoisotopic (exact) mass is 396 g/mol. The smallest absolute Gasteiger partial charge is 0.334 e. The molecule has 3 N–H and O–H groups in total. The van der Waals surface area contributed by atoms with Crippen molar-refractivity contribution in [1.29, 1.82) is 0 Å². The van der Waals surface area contributed by atoms with Crippen molar-refractivity contribution in [2.75, 3.05) is 12.0 Å². The van der Waals surface area contributed by atoms with Crippen molar-refractivity contribution < 1.29 is 24.2 Å². The van der Waals surface area contributed by atoms with Crippen LogP contribution >= 0.6 is 11.8 Å². The maximum absolute atomic E-state index is 12.6. The van der Waals surface area contributed by atoms with E-state index >= 15 is 0 Å². The number of ether oxygens (including phenoxy) is 1. The van der Waals surface area contributed by atoms with E-state index < -0.39 is 24.0 Å². The van der Waals surface area contributed by atoms with Gasteiger partial charge in [-0.3, -0.25) is 9.59 Å². The summed E-state index contributed by atoms with van der Waals surface area (Å²) >= 11 is 1.57. The zero-order valence-electron chi connectivity index (χ0n) is 15.9. The third-order valence-electron chi connectivity index (χ3n) is 3.83. The minimum atomic E-state index is -0.819. The second-order valence-corrected chi connectivity index (χ2v) is 7.52. The summed E-state index contributed by atoms with van der Waals surface area (Å²) in [6, 6.07) is 4.98. The minimum Gasteiger partial charge on any atom is -0.425 e. The first-order valence-corrected chi connectivity index (χ1v) is 10.2. The van der Waals surface area contributed by atoms with E-state index in [0.29, 0.717) is 36.3 Å². The molecule has 0 heterocycles. The molecular weight excluding hydrogens is 368 g/mol. The number of aliphatic hydroxyl groups is 1. The molecule has 1 aromatic carbocycles. The molecule has 0 bridgehead atoms. The first-order valence-electron chi connectivity index (χ1n) is 8.81. The van der Waals surface area contributed by atoms with Crippen LogP contribution in [0.4, 0.5) is 0 Å². The number of benzene rings is 1. The molecular formula is C19H28N2O5S. The van der Waals surface area contributed by atoms with E-state index in [1.807, 2.05) is 20.1 Å². The lowest BCUT2D eigenvalue weighted by Crippen LogP contribution is -2.51. The Bertz CT molecular complexity index is 607. The lowest BCUT2D eigenvalue weighted by atomic mass is 10.0. The largest absolute Gasteiger partial charge is 0.425 e. The average molecular weight is 397 g/mol. The van der Waals surface area contributed by atoms with E-state index in [1.54, 1.807) is 36.0 Å². The Labute approximate surface area is 164 Å². The highest BCUT2D eigenvalue weighted by molar-refractivity contribution is 7.98. The van der Waals surface area contributed by atoms with Crippen molar-refractivity contribution in [1.82, 2.24) is 10.6 Å². The molecule has 0 aliphatic heterocycles. The Kier molecular flexibility index (Phi) is 10.5. The predicted octanol–water partition coefficient (Wildman–Crippen LogP) is 1.48. The van der Waals surface area contributed by atoms with Crippen LogP contribution in [0.2, 0.25) is 0 Å². The molecule has 1 rings (SSSR count). The summed E-state index contributed by atoms with van der Waals surface area (Å²) in [7, 11) is 0. The molecule has 2 amide bonds. The number of amides is 2. The van der Waals surface area contributed by atoms with Gasteiger partial charge < -0.3 is 20.5 Å². The number of hydrogen-bond donors (Lipinski definition) is 3. The molecule has 0 radical (unpaired) electrons. The Balaban J connectivity index is 2.80. The molecule has 2 atom stereocenters. The van der Waals surface area contributed by atoms with Gasteiger partial charge in [0.1, 0.15) is 17.8 Å². The Morgan fingerprint density at radius 3 is 2.41 bits per heavy atom. The number of nitrogens with one attached hydrogen (secondary N) is 2. The Morgan fingerprint density at radius 1 is 1.22 bits per heavy atom. The molecule has 150 valence electrons. The normalized spacial score (nSPS) is 12.9. The molecule has 27 heavy (non-hydrogen) atoms. The van der Waals surface area contributed by atoms with Gasteiger partial charge in [-0.25, -0.2) is 4.79 Å². The van der Waals surface area contributed by atoms with E-state index in [0.717, 1.165) is 0 Å². The zero-order valence-corrected chi connectivity index (χ0v) is 16.8. The van der Waals surface area contributed by atoms with Crippen LogP contribution in [-0.4, -0.2) is 47.5 Å². The summed E-state index contributed by atoms with van der Waals surface area (Å²) in [5, 5.41) is 14.3. The molecule has 0 saturated carbocycles. The standard InChI is InChI=1S/C19H28N2O5S/c1-13(2)10-17(21-18(24)16(20-12-23)8-9-27-3)19(25)26-15-6-4-14(11-22)5-7-15/h4-7,12-13,16-17,22H,8-11H2,1-3H3,(H,20,23)(H,21,24)/t16-,17-/m0/s1. The summed E-state index contributed by atoms with van der Waals surface area (Å²) in [4.78, 5) is 35.8. The van der Waals surface area contributed by atoms with Gasteiger partial charge in [0.15, 0.2) is 0 Å². The van der Waals surface area contributed by atoms with Gasteiger partial charge in [-0.1, -0.05) is 26.0 Å². The third-order valence-corrected chi connectivity index (χ3v) is 4.47. The number of aliphatic hydroxyl groups excluding tert-OH is 1. The third kappa shape index (κ3) is 8.45. The Hall–Kier alpha value is -2.06. The average Bonchev–Trinajstić information content (AvgIpc) is 2.64. The topological polar surface area (TPSA) is 105 Å². The summed E-state index contributed by atoms with van der Waals surface area (Å²) in [5.41, 5.74) is 0.707. The number of carbonyl (C=O) groups is 3. The van der Waals surface area contributed by atoms with Gasteiger partial charge in [-0.15, -0.1) is 0 Å². The quantitative estimate of drug-likeness (QED) is 0.281. The van der Waals surface area contributed by atoms with Crippen molar-refractivity contribution >= 4 is 30.0 Å². The first-order chi connectivity index (χ1) is 12.9. The molecule has 0 unspecified atom stereocenters. The number of hydrogen-bond acceptors (Lipinski definition) is 6. The van der Waals surface area contributed by atoms with Gasteiger partial charge in [0, 0.05) is 0 Å². The van der Waals surface area contributed by atoms with Crippen LogP contribution in [0.3, 0.4) is 0 Å². The molecule has 0 saturated heterocycles. The maximum atomic E-state index is 12.6. The Morgan fingerprint density at radius 2 is 1.89 bits per heavy atom. The highest BCUT2D eigenvalue weighted by atomic mass is 32.2. The van der Waals surface area contributed by atoms with Crippen molar-refractivity contribution in [3.63, 3.8) is 0 Å². The summed E-state index contributed by atoms with van der Waals surface area (Å²) in [6.07, 6.45) is 3.29. The van der Waals surface area contributed by atoms with Gasteiger partial charge in [0.2, 0.25) is 12.3 Å². The van der Waals surface area contributed by atoms with Crippen LogP contribution in [0.1, 0.15) is 32.3 Å². The van der Waals surface area contributed by atoms with Crippen molar-refractivity contribution in [3.8, 4) is 5.75 Å². The van der Waals surface area contributed by atoms with Crippen molar-refractivity contribution in [2.24, 2.45) is 5.92 Å². The van der Waals surface area contributed by atoms with Crippen LogP contribution in [0.15, 0.2) is 24.3 Å². The SMILES string of the molecule is CSCC[C@H](NC=O)C(=O)N[C@@H](CC(C)C)C(=O)Oc1ccc(CO)cc1. The van der Waals surface area contributed by atoms with Gasteiger partial charge >= 0.3 is 5.97 Å². The van der Waals surface area contributed by atoms with Crippen molar-refractivity contribution in [2.45, 2.75) is 45.4 Å². The number of rotatable bonds is 12. The number of esters is 1. The van der Waals surface area contributed by atoms with Gasteiger partial charge in [-0.2, -0.15) is 11.8 Å². The summed E-state index contributed by atoms with van der Waals surface area (Å²) in [5.74, 6) is 0.224. The van der Waals surface area contributed by atoms with E-state index in [-0.39, 0.29) is 12.5 Å². The highest BCUT2D eigenvalue weighted by Crippen LogP contribution is 2.15. The van der Waals surface area contributed by atoms with Gasteiger partial charge in [-0.05, 0) is 48.5 Å². The van der Waals surface area contributed by atoms with E-state index in [4.69, 9.17) is 9.84 Å². The van der Waals surface area contributed by atoms with Crippen LogP contribution in [0.25, 0.3) is 0 Å². The molecule has 0 aliphatic rings. The summed E-state index contributed by atoms with van der Waals surface area (Å²) < 4.78 is 5.37. The fraction of sp³-hybridized carbons (Fsp3) is 0.526. The zero-order chi connectivity index (χ0) is 20.2. The maximum Gasteiger partial charge on any atom is 0.334 e.